The second-order valence-corrected chi connectivity index (χ2v) is 6.25. The molecule has 0 radical (unpaired) electrons. The molecule has 4 nitrogen and oxygen atoms in total. The number of rotatable bonds is 2. The Kier molecular flexibility index (Phi) is 3.46. The number of piperidine rings is 1. The molecule has 4 heteroatoms. The third-order valence-electron chi connectivity index (χ3n) is 5.07. The van der Waals surface area contributed by atoms with E-state index in [1.807, 2.05) is 0 Å². The Morgan fingerprint density at radius 2 is 1.89 bits per heavy atom. The topological polar surface area (TPSA) is 44.4 Å². The van der Waals surface area contributed by atoms with E-state index in [0.29, 0.717) is 5.92 Å². The zero-order valence-electron chi connectivity index (χ0n) is 11.2. The average Bonchev–Trinajstić information content (AvgIpc) is 2.71. The van der Waals surface area contributed by atoms with Gasteiger partial charge < -0.3 is 15.5 Å². The van der Waals surface area contributed by atoms with Crippen LogP contribution in [0.1, 0.15) is 44.9 Å². The van der Waals surface area contributed by atoms with Gasteiger partial charge in [-0.25, -0.2) is 4.79 Å². The van der Waals surface area contributed by atoms with E-state index in [1.165, 1.54) is 44.9 Å². The smallest absolute Gasteiger partial charge is 0.318 e. The van der Waals surface area contributed by atoms with Gasteiger partial charge in [0.15, 0.2) is 0 Å². The number of carbonyl (C=O) groups excluding carboxylic acids is 1. The molecule has 0 unspecified atom stereocenters. The maximum absolute atomic E-state index is 12.1. The standard InChI is InChI=1S/C14H25N3O/c18-13-16-11-14(6-2-1-3-7-14)17(13)10-12-4-8-15-9-5-12/h12,15H,1-11H2,(H,16,18). The fourth-order valence-corrected chi connectivity index (χ4v) is 3.90. The fraction of sp³-hybridized carbons (Fsp3) is 0.929. The quantitative estimate of drug-likeness (QED) is 0.785. The maximum Gasteiger partial charge on any atom is 0.318 e. The minimum atomic E-state index is 0.167. The molecule has 0 aromatic carbocycles. The number of carbonyl (C=O) groups is 1. The van der Waals surface area contributed by atoms with Crippen LogP contribution in [0.15, 0.2) is 0 Å². The van der Waals surface area contributed by atoms with Gasteiger partial charge in [0.2, 0.25) is 0 Å². The van der Waals surface area contributed by atoms with E-state index in [1.54, 1.807) is 0 Å². The molecular formula is C14H25N3O. The van der Waals surface area contributed by atoms with Crippen molar-refractivity contribution in [1.82, 2.24) is 15.5 Å². The van der Waals surface area contributed by atoms with Crippen molar-refractivity contribution in [3.8, 4) is 0 Å². The summed E-state index contributed by atoms with van der Waals surface area (Å²) >= 11 is 0. The highest BCUT2D eigenvalue weighted by atomic mass is 16.2. The van der Waals surface area contributed by atoms with Gasteiger partial charge in [0.1, 0.15) is 0 Å². The number of hydrogen-bond acceptors (Lipinski definition) is 2. The van der Waals surface area contributed by atoms with Crippen LogP contribution in [0, 0.1) is 5.92 Å². The van der Waals surface area contributed by atoms with Gasteiger partial charge in [0, 0.05) is 13.1 Å². The predicted octanol–water partition coefficient (Wildman–Crippen LogP) is 1.71. The highest BCUT2D eigenvalue weighted by Gasteiger charge is 2.46. The molecule has 2 aliphatic heterocycles. The molecule has 2 N–H and O–H groups in total. The molecule has 2 amide bonds. The van der Waals surface area contributed by atoms with Crippen LogP contribution in [0.3, 0.4) is 0 Å². The van der Waals surface area contributed by atoms with Gasteiger partial charge in [-0.05, 0) is 44.7 Å². The summed E-state index contributed by atoms with van der Waals surface area (Å²) < 4.78 is 0. The molecule has 1 saturated carbocycles. The predicted molar refractivity (Wildman–Crippen MR) is 71.5 cm³/mol. The van der Waals surface area contributed by atoms with Gasteiger partial charge in [0.25, 0.3) is 0 Å². The first-order valence-electron chi connectivity index (χ1n) is 7.56. The summed E-state index contributed by atoms with van der Waals surface area (Å²) in [5, 5.41) is 6.49. The monoisotopic (exact) mass is 251 g/mol. The number of amides is 2. The number of hydrogen-bond donors (Lipinski definition) is 2. The molecule has 3 aliphatic rings. The summed E-state index contributed by atoms with van der Waals surface area (Å²) in [7, 11) is 0. The Hall–Kier alpha value is -0.770. The lowest BCUT2D eigenvalue weighted by Gasteiger charge is -2.42. The van der Waals surface area contributed by atoms with Gasteiger partial charge in [-0.2, -0.15) is 0 Å². The second kappa shape index (κ2) is 5.08. The van der Waals surface area contributed by atoms with E-state index in [2.05, 4.69) is 15.5 Å². The molecule has 0 aromatic heterocycles. The van der Waals surface area contributed by atoms with Crippen molar-refractivity contribution in [2.45, 2.75) is 50.5 Å². The lowest BCUT2D eigenvalue weighted by Crippen LogP contribution is -2.51. The first-order valence-corrected chi connectivity index (χ1v) is 7.56. The molecule has 2 saturated heterocycles. The van der Waals surface area contributed by atoms with E-state index >= 15 is 0 Å². The zero-order valence-corrected chi connectivity index (χ0v) is 11.2. The Morgan fingerprint density at radius 1 is 1.17 bits per heavy atom. The molecule has 3 rings (SSSR count). The lowest BCUT2D eigenvalue weighted by molar-refractivity contribution is 0.0986. The Labute approximate surface area is 109 Å². The summed E-state index contributed by atoms with van der Waals surface area (Å²) in [6.07, 6.45) is 8.78. The zero-order chi connectivity index (χ0) is 12.4. The van der Waals surface area contributed by atoms with Crippen LogP contribution in [-0.2, 0) is 0 Å². The minimum Gasteiger partial charge on any atom is -0.336 e. The molecule has 18 heavy (non-hydrogen) atoms. The maximum atomic E-state index is 12.1. The molecule has 1 spiro atoms. The van der Waals surface area contributed by atoms with E-state index in [4.69, 9.17) is 0 Å². The Balaban J connectivity index is 1.68. The van der Waals surface area contributed by atoms with Gasteiger partial charge >= 0.3 is 6.03 Å². The van der Waals surface area contributed by atoms with Crippen molar-refractivity contribution in [3.05, 3.63) is 0 Å². The van der Waals surface area contributed by atoms with Crippen LogP contribution in [0.4, 0.5) is 4.79 Å². The van der Waals surface area contributed by atoms with Gasteiger partial charge in [0.05, 0.1) is 5.54 Å². The Bertz CT molecular complexity index is 306. The van der Waals surface area contributed by atoms with Crippen molar-refractivity contribution < 1.29 is 4.79 Å². The molecule has 1 aliphatic carbocycles. The summed E-state index contributed by atoms with van der Waals surface area (Å²) in [4.78, 5) is 14.3. The van der Waals surface area contributed by atoms with Crippen molar-refractivity contribution in [3.63, 3.8) is 0 Å². The van der Waals surface area contributed by atoms with Crippen molar-refractivity contribution in [2.24, 2.45) is 5.92 Å². The normalized spacial score (nSPS) is 28.7. The van der Waals surface area contributed by atoms with Gasteiger partial charge in [-0.15, -0.1) is 0 Å². The molecule has 2 heterocycles. The van der Waals surface area contributed by atoms with Crippen molar-refractivity contribution in [1.29, 1.82) is 0 Å². The van der Waals surface area contributed by atoms with Crippen LogP contribution in [0.25, 0.3) is 0 Å². The molecule has 3 fully saturated rings. The largest absolute Gasteiger partial charge is 0.336 e. The molecular weight excluding hydrogens is 226 g/mol. The van der Waals surface area contributed by atoms with Crippen LogP contribution in [0.2, 0.25) is 0 Å². The summed E-state index contributed by atoms with van der Waals surface area (Å²) in [6, 6.07) is 0.190. The fourth-order valence-electron chi connectivity index (χ4n) is 3.90. The third kappa shape index (κ3) is 2.22. The van der Waals surface area contributed by atoms with Crippen LogP contribution >= 0.6 is 0 Å². The number of nitrogens with one attached hydrogen (secondary N) is 2. The van der Waals surface area contributed by atoms with Crippen LogP contribution < -0.4 is 10.6 Å². The molecule has 0 aromatic rings. The van der Waals surface area contributed by atoms with Crippen LogP contribution in [-0.4, -0.2) is 42.6 Å². The highest BCUT2D eigenvalue weighted by Crippen LogP contribution is 2.37. The minimum absolute atomic E-state index is 0.167. The average molecular weight is 251 g/mol. The first-order chi connectivity index (χ1) is 8.80. The Morgan fingerprint density at radius 3 is 2.61 bits per heavy atom. The lowest BCUT2D eigenvalue weighted by atomic mass is 9.80. The first kappa shape index (κ1) is 12.3. The summed E-state index contributed by atoms with van der Waals surface area (Å²) in [6.45, 7) is 4.10. The van der Waals surface area contributed by atoms with E-state index < -0.39 is 0 Å². The van der Waals surface area contributed by atoms with Crippen molar-refractivity contribution in [2.75, 3.05) is 26.2 Å². The van der Waals surface area contributed by atoms with E-state index in [0.717, 1.165) is 26.2 Å². The number of nitrogens with zero attached hydrogens (tertiary/aromatic N) is 1. The van der Waals surface area contributed by atoms with Gasteiger partial charge in [-0.3, -0.25) is 0 Å². The number of urea groups is 1. The van der Waals surface area contributed by atoms with Gasteiger partial charge in [-0.1, -0.05) is 19.3 Å². The molecule has 0 bridgehead atoms. The van der Waals surface area contributed by atoms with Crippen LogP contribution in [0.5, 0.6) is 0 Å². The summed E-state index contributed by atoms with van der Waals surface area (Å²) in [5.41, 5.74) is 0.167. The molecule has 102 valence electrons. The van der Waals surface area contributed by atoms with E-state index in [-0.39, 0.29) is 11.6 Å². The summed E-state index contributed by atoms with van der Waals surface area (Å²) in [5.74, 6) is 0.703. The third-order valence-corrected chi connectivity index (χ3v) is 5.07. The molecule has 0 atom stereocenters. The highest BCUT2D eigenvalue weighted by molar-refractivity contribution is 5.78. The second-order valence-electron chi connectivity index (χ2n) is 6.25. The SMILES string of the molecule is O=C1NCC2(CCCCC2)N1CC1CCNCC1. The van der Waals surface area contributed by atoms with Crippen molar-refractivity contribution >= 4 is 6.03 Å². The van der Waals surface area contributed by atoms with E-state index in [9.17, 15) is 4.79 Å².